The molecule has 118 valence electrons. The summed E-state index contributed by atoms with van der Waals surface area (Å²) in [5.74, 6) is -1.79. The molecule has 0 radical (unpaired) electrons. The van der Waals surface area contributed by atoms with Gasteiger partial charge in [0, 0.05) is 12.1 Å². The quantitative estimate of drug-likeness (QED) is 0.895. The fraction of sp³-hybridized carbons (Fsp3) is 0.571. The number of halogens is 2. The number of hydrogen-bond acceptors (Lipinski definition) is 3. The van der Waals surface area contributed by atoms with E-state index < -0.39 is 43.4 Å². The lowest BCUT2D eigenvalue weighted by Crippen LogP contribution is -2.75. The summed E-state index contributed by atoms with van der Waals surface area (Å²) in [6.45, 7) is 7.38. The van der Waals surface area contributed by atoms with Crippen molar-refractivity contribution in [1.82, 2.24) is 4.72 Å². The minimum atomic E-state index is -4.16. The number of nitrogens with one attached hydrogen (secondary N) is 1. The molecule has 2 rings (SSSR count). The molecule has 1 aromatic carbocycles. The molecule has 7 heteroatoms. The summed E-state index contributed by atoms with van der Waals surface area (Å²) in [5.41, 5.74) is 5.12. The summed E-state index contributed by atoms with van der Waals surface area (Å²) in [7, 11) is -4.16. The van der Waals surface area contributed by atoms with Crippen LogP contribution in [0.1, 0.15) is 27.7 Å². The maximum atomic E-state index is 13.7. The fourth-order valence-corrected chi connectivity index (χ4v) is 5.02. The van der Waals surface area contributed by atoms with Gasteiger partial charge in [-0.2, -0.15) is 0 Å². The monoisotopic (exact) mass is 318 g/mol. The highest BCUT2D eigenvalue weighted by Gasteiger charge is 2.61. The van der Waals surface area contributed by atoms with E-state index in [0.717, 1.165) is 12.1 Å². The minimum Gasteiger partial charge on any atom is -0.327 e. The third-order valence-corrected chi connectivity index (χ3v) is 5.98. The van der Waals surface area contributed by atoms with Gasteiger partial charge in [0.05, 0.1) is 0 Å². The first kappa shape index (κ1) is 16.3. The molecular formula is C14H20F2N2O2S. The second-order valence-corrected chi connectivity index (χ2v) is 8.43. The van der Waals surface area contributed by atoms with Gasteiger partial charge in [0.1, 0.15) is 16.5 Å². The van der Waals surface area contributed by atoms with Gasteiger partial charge >= 0.3 is 0 Å². The topological polar surface area (TPSA) is 72.2 Å². The Hall–Kier alpha value is -1.05. The van der Waals surface area contributed by atoms with Crippen LogP contribution in [0.5, 0.6) is 0 Å². The summed E-state index contributed by atoms with van der Waals surface area (Å²) in [6.07, 6.45) is 0. The molecule has 0 saturated heterocycles. The molecule has 0 atom stereocenters. The Balaban J connectivity index is 2.37. The molecule has 3 N–H and O–H groups in total. The average Bonchev–Trinajstić information content (AvgIpc) is 2.37. The van der Waals surface area contributed by atoms with Crippen LogP contribution in [0.4, 0.5) is 8.78 Å². The largest absolute Gasteiger partial charge is 0.327 e. The van der Waals surface area contributed by atoms with E-state index >= 15 is 0 Å². The molecule has 0 aliphatic heterocycles. The molecule has 0 amide bonds. The van der Waals surface area contributed by atoms with Crippen molar-refractivity contribution in [3.8, 4) is 0 Å². The molecule has 1 aliphatic carbocycles. The Morgan fingerprint density at radius 2 is 1.67 bits per heavy atom. The summed E-state index contributed by atoms with van der Waals surface area (Å²) in [4.78, 5) is -0.686. The molecule has 1 aliphatic rings. The molecule has 0 bridgehead atoms. The Morgan fingerprint density at radius 1 is 1.14 bits per heavy atom. The van der Waals surface area contributed by atoms with Crippen LogP contribution in [0.15, 0.2) is 23.1 Å². The summed E-state index contributed by atoms with van der Waals surface area (Å²) in [5, 5.41) is 0. The SMILES string of the molecule is CC1(C)C(N)C(C)(C)C1NS(=O)(=O)c1cc(F)ccc1F. The van der Waals surface area contributed by atoms with Gasteiger partial charge in [-0.3, -0.25) is 0 Å². The van der Waals surface area contributed by atoms with E-state index in [2.05, 4.69) is 4.72 Å². The molecular weight excluding hydrogens is 298 g/mol. The third-order valence-electron chi connectivity index (χ3n) is 4.55. The van der Waals surface area contributed by atoms with Crippen molar-refractivity contribution in [2.24, 2.45) is 16.6 Å². The van der Waals surface area contributed by atoms with E-state index in [1.54, 1.807) is 0 Å². The number of benzene rings is 1. The lowest BCUT2D eigenvalue weighted by atomic mass is 9.49. The minimum absolute atomic E-state index is 0.199. The van der Waals surface area contributed by atoms with Crippen LogP contribution in [-0.2, 0) is 10.0 Å². The van der Waals surface area contributed by atoms with Gasteiger partial charge in [0.15, 0.2) is 0 Å². The summed E-state index contributed by atoms with van der Waals surface area (Å²) in [6, 6.07) is 1.69. The van der Waals surface area contributed by atoms with Gasteiger partial charge in [0.25, 0.3) is 0 Å². The van der Waals surface area contributed by atoms with Crippen molar-refractivity contribution in [2.75, 3.05) is 0 Å². The number of rotatable bonds is 3. The van der Waals surface area contributed by atoms with E-state index in [9.17, 15) is 17.2 Å². The van der Waals surface area contributed by atoms with Crippen molar-refractivity contribution in [1.29, 1.82) is 0 Å². The lowest BCUT2D eigenvalue weighted by Gasteiger charge is -2.62. The highest BCUT2D eigenvalue weighted by atomic mass is 32.2. The molecule has 0 spiro atoms. The Labute approximate surface area is 123 Å². The zero-order valence-corrected chi connectivity index (χ0v) is 13.3. The summed E-state index contributed by atoms with van der Waals surface area (Å²) >= 11 is 0. The molecule has 1 aromatic rings. The molecule has 1 saturated carbocycles. The number of sulfonamides is 1. The van der Waals surface area contributed by atoms with E-state index in [1.165, 1.54) is 0 Å². The van der Waals surface area contributed by atoms with Crippen molar-refractivity contribution in [3.05, 3.63) is 29.8 Å². The van der Waals surface area contributed by atoms with Gasteiger partial charge in [-0.25, -0.2) is 21.9 Å². The van der Waals surface area contributed by atoms with Crippen LogP contribution < -0.4 is 10.5 Å². The fourth-order valence-electron chi connectivity index (χ4n) is 3.39. The van der Waals surface area contributed by atoms with Crippen molar-refractivity contribution in [2.45, 2.75) is 44.7 Å². The summed E-state index contributed by atoms with van der Waals surface area (Å²) < 4.78 is 54.0. The smallest absolute Gasteiger partial charge is 0.243 e. The Kier molecular flexibility index (Phi) is 3.67. The van der Waals surface area contributed by atoms with Gasteiger partial charge < -0.3 is 5.73 Å². The third kappa shape index (κ3) is 2.47. The van der Waals surface area contributed by atoms with Crippen molar-refractivity contribution in [3.63, 3.8) is 0 Å². The van der Waals surface area contributed by atoms with Gasteiger partial charge in [0.2, 0.25) is 10.0 Å². The van der Waals surface area contributed by atoms with Crippen LogP contribution in [0, 0.1) is 22.5 Å². The Morgan fingerprint density at radius 3 is 2.19 bits per heavy atom. The van der Waals surface area contributed by atoms with E-state index in [1.807, 2.05) is 27.7 Å². The predicted molar refractivity (Wildman–Crippen MR) is 76.0 cm³/mol. The highest BCUT2D eigenvalue weighted by molar-refractivity contribution is 7.89. The first-order valence-electron chi connectivity index (χ1n) is 6.63. The first-order chi connectivity index (χ1) is 9.40. The maximum Gasteiger partial charge on any atom is 0.243 e. The normalized spacial score (nSPS) is 27.2. The van der Waals surface area contributed by atoms with Gasteiger partial charge in [-0.1, -0.05) is 27.7 Å². The Bertz CT molecular complexity index is 656. The van der Waals surface area contributed by atoms with Crippen LogP contribution in [0.3, 0.4) is 0 Å². The van der Waals surface area contributed by atoms with Gasteiger partial charge in [-0.15, -0.1) is 0 Å². The molecule has 0 unspecified atom stereocenters. The van der Waals surface area contributed by atoms with Crippen LogP contribution in [0.25, 0.3) is 0 Å². The number of hydrogen-bond donors (Lipinski definition) is 2. The van der Waals surface area contributed by atoms with E-state index in [-0.39, 0.29) is 6.04 Å². The molecule has 4 nitrogen and oxygen atoms in total. The zero-order valence-electron chi connectivity index (χ0n) is 12.4. The van der Waals surface area contributed by atoms with E-state index in [0.29, 0.717) is 6.07 Å². The number of nitrogens with two attached hydrogens (primary N) is 1. The molecule has 0 aromatic heterocycles. The van der Waals surface area contributed by atoms with Crippen LogP contribution in [0.2, 0.25) is 0 Å². The van der Waals surface area contributed by atoms with Crippen molar-refractivity contribution < 1.29 is 17.2 Å². The second-order valence-electron chi connectivity index (χ2n) is 6.75. The zero-order chi connectivity index (χ0) is 16.2. The lowest BCUT2D eigenvalue weighted by molar-refractivity contribution is -0.0593. The molecule has 1 fully saturated rings. The standard InChI is InChI=1S/C14H20F2N2O2S/c1-13(2)11(17)14(3,4)12(13)18-21(19,20)10-7-8(15)5-6-9(10)16/h5-7,11-12,18H,17H2,1-4H3. The van der Waals surface area contributed by atoms with Crippen LogP contribution >= 0.6 is 0 Å². The molecule has 0 heterocycles. The van der Waals surface area contributed by atoms with Crippen LogP contribution in [-0.4, -0.2) is 20.5 Å². The molecule has 21 heavy (non-hydrogen) atoms. The predicted octanol–water partition coefficient (Wildman–Crippen LogP) is 2.00. The second kappa shape index (κ2) is 4.72. The highest BCUT2D eigenvalue weighted by Crippen LogP contribution is 2.52. The average molecular weight is 318 g/mol. The maximum absolute atomic E-state index is 13.7. The van der Waals surface area contributed by atoms with Crippen molar-refractivity contribution >= 4 is 10.0 Å². The first-order valence-corrected chi connectivity index (χ1v) is 8.12. The van der Waals surface area contributed by atoms with E-state index in [4.69, 9.17) is 5.73 Å². The van der Waals surface area contributed by atoms with Gasteiger partial charge in [-0.05, 0) is 29.0 Å².